The van der Waals surface area contributed by atoms with Crippen molar-refractivity contribution >= 4 is 11.9 Å². The summed E-state index contributed by atoms with van der Waals surface area (Å²) in [6.45, 7) is 0.121. The number of methoxy groups -OCH3 is 1. The summed E-state index contributed by atoms with van der Waals surface area (Å²) >= 11 is 0. The first-order valence-corrected chi connectivity index (χ1v) is 9.54. The highest BCUT2D eigenvalue weighted by Gasteiger charge is 2.10. The number of carbonyl (C=O) groups is 1. The molecule has 2 aromatic carbocycles. The van der Waals surface area contributed by atoms with Crippen molar-refractivity contribution in [3.05, 3.63) is 96.2 Å². The highest BCUT2D eigenvalue weighted by molar-refractivity contribution is 6.06. The van der Waals surface area contributed by atoms with Crippen molar-refractivity contribution in [3.63, 3.8) is 0 Å². The van der Waals surface area contributed by atoms with Gasteiger partial charge in [0.1, 0.15) is 11.5 Å². The smallest absolute Gasteiger partial charge is 0.254 e. The first kappa shape index (κ1) is 20.0. The highest BCUT2D eigenvalue weighted by atomic mass is 16.5. The first-order chi connectivity index (χ1) is 15.2. The molecule has 0 aliphatic rings. The van der Waals surface area contributed by atoms with E-state index in [4.69, 9.17) is 13.9 Å². The van der Waals surface area contributed by atoms with E-state index in [0.717, 1.165) is 17.0 Å². The van der Waals surface area contributed by atoms with Crippen molar-refractivity contribution in [2.24, 2.45) is 0 Å². The molecular formula is C24H19N3O4. The van der Waals surface area contributed by atoms with Crippen LogP contribution in [-0.4, -0.2) is 28.1 Å². The van der Waals surface area contributed by atoms with Crippen LogP contribution >= 0.6 is 0 Å². The van der Waals surface area contributed by atoms with Gasteiger partial charge in [0.2, 0.25) is 5.89 Å². The lowest BCUT2D eigenvalue weighted by molar-refractivity contribution is 0.104. The number of rotatable bonds is 8. The van der Waals surface area contributed by atoms with Crippen LogP contribution in [0, 0.1) is 0 Å². The van der Waals surface area contributed by atoms with Gasteiger partial charge in [0, 0.05) is 17.3 Å². The number of ketones is 1. The Morgan fingerprint density at radius 2 is 1.74 bits per heavy atom. The molecule has 4 aromatic rings. The Morgan fingerprint density at radius 1 is 0.968 bits per heavy atom. The van der Waals surface area contributed by atoms with Gasteiger partial charge in [0.15, 0.2) is 12.4 Å². The molecule has 2 heterocycles. The fourth-order valence-electron chi connectivity index (χ4n) is 2.75. The van der Waals surface area contributed by atoms with E-state index in [2.05, 4.69) is 15.2 Å². The van der Waals surface area contributed by atoms with E-state index >= 15 is 0 Å². The maximum atomic E-state index is 12.3. The molecule has 7 nitrogen and oxygen atoms in total. The van der Waals surface area contributed by atoms with Crippen LogP contribution in [0.5, 0.6) is 11.5 Å². The molecule has 31 heavy (non-hydrogen) atoms. The van der Waals surface area contributed by atoms with E-state index in [1.54, 1.807) is 43.6 Å². The SMILES string of the molecule is COc1ccc(-c2nnc(COc3ccc(C(=O)/C=C/c4ccccn4)cc3)o2)cc1. The van der Waals surface area contributed by atoms with Crippen LogP contribution in [0.15, 0.2) is 83.4 Å². The predicted octanol–water partition coefficient (Wildman–Crippen LogP) is 4.62. The van der Waals surface area contributed by atoms with Gasteiger partial charge in [0.25, 0.3) is 5.89 Å². The molecule has 0 bridgehead atoms. The van der Waals surface area contributed by atoms with Gasteiger partial charge in [0.05, 0.1) is 12.8 Å². The van der Waals surface area contributed by atoms with Crippen molar-refractivity contribution < 1.29 is 18.7 Å². The van der Waals surface area contributed by atoms with Gasteiger partial charge in [-0.2, -0.15) is 0 Å². The summed E-state index contributed by atoms with van der Waals surface area (Å²) in [5.74, 6) is 1.99. The number of allylic oxidation sites excluding steroid dienone is 1. The molecule has 0 atom stereocenters. The topological polar surface area (TPSA) is 87.3 Å². The lowest BCUT2D eigenvalue weighted by Crippen LogP contribution is -1.97. The second kappa shape index (κ2) is 9.49. The number of aromatic nitrogens is 3. The van der Waals surface area contributed by atoms with E-state index in [9.17, 15) is 4.79 Å². The summed E-state index contributed by atoms with van der Waals surface area (Å²) in [5.41, 5.74) is 2.07. The summed E-state index contributed by atoms with van der Waals surface area (Å²) in [6.07, 6.45) is 4.86. The molecule has 0 aliphatic heterocycles. The van der Waals surface area contributed by atoms with E-state index in [1.807, 2.05) is 42.5 Å². The molecule has 2 aromatic heterocycles. The van der Waals surface area contributed by atoms with Crippen LogP contribution in [0.1, 0.15) is 21.9 Å². The normalized spacial score (nSPS) is 10.9. The summed E-state index contributed by atoms with van der Waals surface area (Å²) in [4.78, 5) is 16.4. The number of nitrogens with zero attached hydrogens (tertiary/aromatic N) is 3. The minimum absolute atomic E-state index is 0.113. The average Bonchev–Trinajstić information content (AvgIpc) is 3.31. The lowest BCUT2D eigenvalue weighted by Gasteiger charge is -2.04. The molecular weight excluding hydrogens is 394 g/mol. The van der Waals surface area contributed by atoms with E-state index in [-0.39, 0.29) is 12.4 Å². The van der Waals surface area contributed by atoms with Crippen molar-refractivity contribution in [2.45, 2.75) is 6.61 Å². The van der Waals surface area contributed by atoms with Crippen LogP contribution in [0.4, 0.5) is 0 Å². The fraction of sp³-hybridized carbons (Fsp3) is 0.0833. The van der Waals surface area contributed by atoms with Crippen molar-refractivity contribution in [3.8, 4) is 23.0 Å². The number of hydrogen-bond acceptors (Lipinski definition) is 7. The van der Waals surface area contributed by atoms with Crippen LogP contribution < -0.4 is 9.47 Å². The Kier molecular flexibility index (Phi) is 6.13. The quantitative estimate of drug-likeness (QED) is 0.308. The number of hydrogen-bond donors (Lipinski definition) is 0. The monoisotopic (exact) mass is 413 g/mol. The van der Waals surface area contributed by atoms with Crippen LogP contribution in [0.3, 0.4) is 0 Å². The maximum absolute atomic E-state index is 12.3. The Labute approximate surface area is 179 Å². The molecule has 0 amide bonds. The average molecular weight is 413 g/mol. The Bertz CT molecular complexity index is 1170. The molecule has 0 spiro atoms. The standard InChI is InChI=1S/C24H19N3O4/c1-29-20-10-7-18(8-11-20)24-27-26-23(31-24)16-30-21-12-5-17(6-13-21)22(28)14-9-19-4-2-3-15-25-19/h2-15H,16H2,1H3/b14-9+. The molecule has 0 radical (unpaired) electrons. The summed E-state index contributed by atoms with van der Waals surface area (Å²) in [6, 6.07) is 19.7. The fourth-order valence-corrected chi connectivity index (χ4v) is 2.75. The third kappa shape index (κ3) is 5.22. The van der Waals surface area contributed by atoms with Gasteiger partial charge in [-0.25, -0.2) is 0 Å². The molecule has 7 heteroatoms. The van der Waals surface area contributed by atoms with Crippen molar-refractivity contribution in [1.82, 2.24) is 15.2 Å². The summed E-state index contributed by atoms with van der Waals surface area (Å²) in [5, 5.41) is 8.05. The number of carbonyl (C=O) groups excluding carboxylic acids is 1. The summed E-state index contributed by atoms with van der Waals surface area (Å²) < 4.78 is 16.5. The minimum Gasteiger partial charge on any atom is -0.497 e. The van der Waals surface area contributed by atoms with Gasteiger partial charge in [-0.05, 0) is 72.8 Å². The number of pyridine rings is 1. The third-order valence-electron chi connectivity index (χ3n) is 4.40. The second-order valence-corrected chi connectivity index (χ2v) is 6.49. The zero-order chi connectivity index (χ0) is 21.5. The van der Waals surface area contributed by atoms with Crippen molar-refractivity contribution in [1.29, 1.82) is 0 Å². The molecule has 0 saturated heterocycles. The first-order valence-electron chi connectivity index (χ1n) is 9.54. The zero-order valence-electron chi connectivity index (χ0n) is 16.8. The van der Waals surface area contributed by atoms with Gasteiger partial charge in [-0.15, -0.1) is 10.2 Å². The molecule has 0 aliphatic carbocycles. The number of ether oxygens (including phenoxy) is 2. The minimum atomic E-state index is -0.113. The van der Waals surface area contributed by atoms with E-state index in [1.165, 1.54) is 6.08 Å². The summed E-state index contributed by atoms with van der Waals surface area (Å²) in [7, 11) is 1.61. The molecule has 0 unspecified atom stereocenters. The number of benzene rings is 2. The maximum Gasteiger partial charge on any atom is 0.254 e. The van der Waals surface area contributed by atoms with Gasteiger partial charge >= 0.3 is 0 Å². The van der Waals surface area contributed by atoms with Crippen LogP contribution in [-0.2, 0) is 6.61 Å². The third-order valence-corrected chi connectivity index (χ3v) is 4.40. The zero-order valence-corrected chi connectivity index (χ0v) is 16.8. The molecule has 154 valence electrons. The highest BCUT2D eigenvalue weighted by Crippen LogP contribution is 2.22. The molecule has 0 fully saturated rings. The van der Waals surface area contributed by atoms with E-state index < -0.39 is 0 Å². The Hall–Kier alpha value is -4.26. The van der Waals surface area contributed by atoms with Crippen molar-refractivity contribution in [2.75, 3.05) is 7.11 Å². The van der Waals surface area contributed by atoms with Crippen LogP contribution in [0.25, 0.3) is 17.5 Å². The molecule has 4 rings (SSSR count). The Morgan fingerprint density at radius 3 is 2.45 bits per heavy atom. The Balaban J connectivity index is 1.34. The second-order valence-electron chi connectivity index (χ2n) is 6.49. The predicted molar refractivity (Wildman–Crippen MR) is 115 cm³/mol. The molecule has 0 saturated carbocycles. The van der Waals surface area contributed by atoms with Gasteiger partial charge < -0.3 is 13.9 Å². The van der Waals surface area contributed by atoms with Gasteiger partial charge in [-0.1, -0.05) is 6.07 Å². The van der Waals surface area contributed by atoms with E-state index in [0.29, 0.717) is 23.1 Å². The van der Waals surface area contributed by atoms with Crippen LogP contribution in [0.2, 0.25) is 0 Å². The largest absolute Gasteiger partial charge is 0.497 e. The lowest BCUT2D eigenvalue weighted by atomic mass is 10.1. The molecule has 0 N–H and O–H groups in total. The van der Waals surface area contributed by atoms with Gasteiger partial charge in [-0.3, -0.25) is 9.78 Å².